The summed E-state index contributed by atoms with van der Waals surface area (Å²) >= 11 is 1.61. The summed E-state index contributed by atoms with van der Waals surface area (Å²) in [5.74, 6) is -0.350. The minimum atomic E-state index is -0.885. The number of nitrogens with two attached hydrogens (primary N) is 1. The van der Waals surface area contributed by atoms with Gasteiger partial charge in [-0.1, -0.05) is 30.0 Å². The number of hydrogen-bond acceptors (Lipinski definition) is 5. The second-order valence-corrected chi connectivity index (χ2v) is 7.23. The Morgan fingerprint density at radius 2 is 1.88 bits per heavy atom. The average molecular weight is 372 g/mol. The van der Waals surface area contributed by atoms with Gasteiger partial charge >= 0.3 is 12.0 Å². The van der Waals surface area contributed by atoms with Gasteiger partial charge < -0.3 is 10.5 Å². The fourth-order valence-corrected chi connectivity index (χ4v) is 4.13. The van der Waals surface area contributed by atoms with Gasteiger partial charge in [0.2, 0.25) is 0 Å². The third-order valence-electron chi connectivity index (χ3n) is 4.53. The molecule has 0 bridgehead atoms. The number of fused-ring (bicyclic) bond motifs is 2. The van der Waals surface area contributed by atoms with Crippen LogP contribution in [0.1, 0.15) is 40.0 Å². The fraction of sp³-hybridized carbons (Fsp3) is 0.263. The topological polar surface area (TPSA) is 92.9 Å². The largest absolute Gasteiger partial charge is 0.465 e. The molecular weight excluding hydrogens is 352 g/mol. The van der Waals surface area contributed by atoms with Crippen LogP contribution in [-0.4, -0.2) is 29.4 Å². The lowest BCUT2D eigenvalue weighted by Gasteiger charge is -2.21. The van der Waals surface area contributed by atoms with E-state index in [1.807, 2.05) is 30.3 Å². The van der Waals surface area contributed by atoms with Gasteiger partial charge in [-0.2, -0.15) is 5.06 Å². The molecule has 0 spiro atoms. The van der Waals surface area contributed by atoms with E-state index in [1.165, 1.54) is 12.7 Å². The Labute approximate surface area is 155 Å². The van der Waals surface area contributed by atoms with Gasteiger partial charge in [-0.25, -0.2) is 9.59 Å². The number of benzene rings is 2. The quantitative estimate of drug-likeness (QED) is 0.488. The number of primary amides is 1. The molecule has 0 radical (unpaired) electrons. The highest BCUT2D eigenvalue weighted by Crippen LogP contribution is 2.39. The molecule has 2 aromatic carbocycles. The zero-order valence-corrected chi connectivity index (χ0v) is 15.4. The van der Waals surface area contributed by atoms with Crippen LogP contribution in [0.25, 0.3) is 0 Å². The summed E-state index contributed by atoms with van der Waals surface area (Å²) in [7, 11) is 1.37. The van der Waals surface area contributed by atoms with Crippen LogP contribution >= 0.6 is 11.8 Å². The molecule has 7 heteroatoms. The lowest BCUT2D eigenvalue weighted by atomic mass is 9.99. The van der Waals surface area contributed by atoms with Crippen molar-refractivity contribution in [1.29, 1.82) is 0 Å². The molecule has 3 N–H and O–H groups in total. The lowest BCUT2D eigenvalue weighted by molar-refractivity contribution is -0.0710. The Kier molecular flexibility index (Phi) is 5.20. The smallest absolute Gasteiger partial charge is 0.339 e. The van der Waals surface area contributed by atoms with Gasteiger partial charge in [0.05, 0.1) is 18.7 Å². The highest BCUT2D eigenvalue weighted by molar-refractivity contribution is 7.99. The summed E-state index contributed by atoms with van der Waals surface area (Å²) in [5, 5.41) is 10.3. The number of urea groups is 1. The predicted octanol–water partition coefficient (Wildman–Crippen LogP) is 3.55. The van der Waals surface area contributed by atoms with Gasteiger partial charge in [-0.3, -0.25) is 5.21 Å². The maximum absolute atomic E-state index is 11.8. The molecule has 0 saturated carbocycles. The van der Waals surface area contributed by atoms with Crippen LogP contribution in [0.3, 0.4) is 0 Å². The van der Waals surface area contributed by atoms with E-state index in [-0.39, 0.29) is 5.97 Å². The Bertz CT molecular complexity index is 869. The van der Waals surface area contributed by atoms with E-state index in [9.17, 15) is 14.8 Å². The van der Waals surface area contributed by atoms with Crippen molar-refractivity contribution < 1.29 is 19.5 Å². The number of rotatable bonds is 3. The highest BCUT2D eigenvalue weighted by Gasteiger charge is 2.21. The van der Waals surface area contributed by atoms with Crippen LogP contribution in [0, 0.1) is 0 Å². The normalized spacial score (nSPS) is 13.8. The maximum atomic E-state index is 11.8. The first-order valence-corrected chi connectivity index (χ1v) is 9.02. The Morgan fingerprint density at radius 1 is 1.15 bits per heavy atom. The van der Waals surface area contributed by atoms with E-state index in [0.29, 0.717) is 10.6 Å². The Hall–Kier alpha value is -2.51. The van der Waals surface area contributed by atoms with E-state index in [0.717, 1.165) is 33.8 Å². The molecule has 1 unspecified atom stereocenters. The molecule has 3 rings (SSSR count). The van der Waals surface area contributed by atoms with Crippen LogP contribution in [0.5, 0.6) is 0 Å². The first-order chi connectivity index (χ1) is 12.4. The van der Waals surface area contributed by atoms with Gasteiger partial charge in [0, 0.05) is 9.79 Å². The Morgan fingerprint density at radius 3 is 2.58 bits per heavy atom. The molecule has 2 amide bonds. The summed E-state index contributed by atoms with van der Waals surface area (Å²) in [6, 6.07) is 10.0. The van der Waals surface area contributed by atoms with Crippen LogP contribution < -0.4 is 5.73 Å². The Balaban J connectivity index is 1.91. The lowest BCUT2D eigenvalue weighted by Crippen LogP contribution is -2.34. The minimum absolute atomic E-state index is 0.350. The maximum Gasteiger partial charge on any atom is 0.339 e. The van der Waals surface area contributed by atoms with Crippen molar-refractivity contribution in [3.63, 3.8) is 0 Å². The molecule has 0 aromatic heterocycles. The second kappa shape index (κ2) is 7.39. The van der Waals surface area contributed by atoms with Crippen molar-refractivity contribution in [3.8, 4) is 0 Å². The van der Waals surface area contributed by atoms with Crippen LogP contribution in [0.2, 0.25) is 0 Å². The van der Waals surface area contributed by atoms with E-state index in [1.54, 1.807) is 24.8 Å². The molecule has 1 aliphatic rings. The molecule has 1 heterocycles. The van der Waals surface area contributed by atoms with Crippen molar-refractivity contribution in [2.75, 3.05) is 7.11 Å². The number of carbonyl (C=O) groups excluding carboxylic acids is 2. The zero-order valence-electron chi connectivity index (χ0n) is 14.6. The van der Waals surface area contributed by atoms with E-state index >= 15 is 0 Å². The fourth-order valence-electron chi connectivity index (χ4n) is 2.97. The summed E-state index contributed by atoms with van der Waals surface area (Å²) in [6.07, 6.45) is 1.67. The predicted molar refractivity (Wildman–Crippen MR) is 97.4 cm³/mol. The third kappa shape index (κ3) is 3.54. The molecule has 0 saturated heterocycles. The van der Waals surface area contributed by atoms with Gasteiger partial charge in [0.1, 0.15) is 0 Å². The number of nitrogens with zero attached hydrogens (tertiary/aromatic N) is 1. The zero-order chi connectivity index (χ0) is 18.8. The van der Waals surface area contributed by atoms with Crippen LogP contribution in [0.15, 0.2) is 46.2 Å². The molecule has 1 atom stereocenters. The number of amides is 2. The van der Waals surface area contributed by atoms with Crippen LogP contribution in [0.4, 0.5) is 4.79 Å². The van der Waals surface area contributed by atoms with Crippen molar-refractivity contribution in [3.05, 3.63) is 58.7 Å². The van der Waals surface area contributed by atoms with Gasteiger partial charge in [-0.15, -0.1) is 0 Å². The van der Waals surface area contributed by atoms with Crippen molar-refractivity contribution in [2.24, 2.45) is 5.73 Å². The van der Waals surface area contributed by atoms with Gasteiger partial charge in [-0.05, 0) is 54.7 Å². The minimum Gasteiger partial charge on any atom is -0.465 e. The summed E-state index contributed by atoms with van der Waals surface area (Å²) < 4.78 is 4.80. The number of methoxy groups -OCH3 is 1. The number of ether oxygens (including phenoxy) is 1. The number of hydroxylamine groups is 2. The van der Waals surface area contributed by atoms with Crippen molar-refractivity contribution in [2.45, 2.75) is 35.6 Å². The number of carbonyl (C=O) groups is 2. The summed E-state index contributed by atoms with van der Waals surface area (Å²) in [4.78, 5) is 25.1. The molecule has 26 heavy (non-hydrogen) atoms. The first kappa shape index (κ1) is 18.3. The van der Waals surface area contributed by atoms with Crippen LogP contribution in [-0.2, 0) is 17.6 Å². The third-order valence-corrected chi connectivity index (χ3v) is 5.75. The second-order valence-electron chi connectivity index (χ2n) is 6.14. The first-order valence-electron chi connectivity index (χ1n) is 8.20. The van der Waals surface area contributed by atoms with Gasteiger partial charge in [0.15, 0.2) is 0 Å². The van der Waals surface area contributed by atoms with E-state index < -0.39 is 12.1 Å². The summed E-state index contributed by atoms with van der Waals surface area (Å²) in [6.45, 7) is 1.72. The molecule has 1 aliphatic heterocycles. The molecule has 0 aliphatic carbocycles. The SMILES string of the molecule is COC(=O)c1ccc2c(c1)Sc1ccc(C(C)N(O)C(N)=O)cc1CC2. The standard InChI is InChI=1S/C19H20N2O4S/c1-11(21(24)19(20)23)13-7-8-16-14(9-13)5-3-12-4-6-15(18(22)25-2)10-17(12)26-16/h4,6-11,24H,3,5H2,1-2H3,(H2,20,23). The van der Waals surface area contributed by atoms with Crippen molar-refractivity contribution in [1.82, 2.24) is 5.06 Å². The van der Waals surface area contributed by atoms with E-state index in [2.05, 4.69) is 0 Å². The molecule has 2 aromatic rings. The summed E-state index contributed by atoms with van der Waals surface area (Å²) in [5.41, 5.74) is 8.79. The molecule has 136 valence electrons. The molecular formula is C19H20N2O4S. The number of aryl methyl sites for hydroxylation is 2. The molecule has 6 nitrogen and oxygen atoms in total. The highest BCUT2D eigenvalue weighted by atomic mass is 32.2. The van der Waals surface area contributed by atoms with E-state index in [4.69, 9.17) is 10.5 Å². The van der Waals surface area contributed by atoms with Gasteiger partial charge in [0.25, 0.3) is 0 Å². The van der Waals surface area contributed by atoms with Crippen molar-refractivity contribution >= 4 is 23.8 Å². The number of esters is 1. The molecule has 0 fully saturated rings. The average Bonchev–Trinajstić information content (AvgIpc) is 2.83. The number of hydrogen-bond donors (Lipinski definition) is 2. The monoisotopic (exact) mass is 372 g/mol.